The number of hydrogen-bond donors (Lipinski definition) is 0. The zero-order valence-corrected chi connectivity index (χ0v) is 19.7. The lowest BCUT2D eigenvalue weighted by Crippen LogP contribution is -2.16. The van der Waals surface area contributed by atoms with Crippen LogP contribution in [0.25, 0.3) is 0 Å². The van der Waals surface area contributed by atoms with E-state index in [2.05, 4.69) is 112 Å². The van der Waals surface area contributed by atoms with Crippen LogP contribution in [0.15, 0.2) is 18.2 Å². The molecule has 0 heterocycles. The molecule has 0 saturated heterocycles. The van der Waals surface area contributed by atoms with Crippen molar-refractivity contribution < 1.29 is 0 Å². The van der Waals surface area contributed by atoms with Gasteiger partial charge in [-0.1, -0.05) is 76.7 Å². The number of hydrogen-bond acceptors (Lipinski definition) is 0. The molecule has 0 atom stereocenters. The van der Waals surface area contributed by atoms with E-state index in [0.29, 0.717) is 0 Å². The summed E-state index contributed by atoms with van der Waals surface area (Å²) in [5, 5.41) is 0. The normalized spacial score (nSPS) is 11.4. The predicted octanol–water partition coefficient (Wildman–Crippen LogP) is 5.37. The molecule has 0 aliphatic heterocycles. The summed E-state index contributed by atoms with van der Waals surface area (Å²) < 4.78 is 0. The van der Waals surface area contributed by atoms with Crippen molar-refractivity contribution in [1.29, 1.82) is 0 Å². The average Bonchev–Trinajstić information content (AvgIpc) is 2.38. The van der Waals surface area contributed by atoms with Gasteiger partial charge in [0.15, 0.2) is 0 Å². The summed E-state index contributed by atoms with van der Waals surface area (Å²) in [6.07, 6.45) is 0. The summed E-state index contributed by atoms with van der Waals surface area (Å²) in [6, 6.07) is 6.33. The maximum absolute atomic E-state index is 3.45. The molecule has 0 aliphatic carbocycles. The van der Waals surface area contributed by atoms with Gasteiger partial charge in [0, 0.05) is 16.7 Å². The van der Waals surface area contributed by atoms with E-state index in [1.54, 1.807) is 0 Å². The lowest BCUT2D eigenvalue weighted by molar-refractivity contribution is 1.56. The van der Waals surface area contributed by atoms with Crippen LogP contribution in [0.3, 0.4) is 0 Å². The molecule has 3 heteroatoms. The van der Waals surface area contributed by atoms with E-state index in [4.69, 9.17) is 0 Å². The molecule has 0 saturated carbocycles. The fourth-order valence-corrected chi connectivity index (χ4v) is 3.18. The molecule has 0 spiro atoms. The first kappa shape index (κ1) is 20.6. The molecule has 1 aromatic rings. The van der Waals surface area contributed by atoms with Crippen molar-refractivity contribution in [3.05, 3.63) is 34.9 Å². The van der Waals surface area contributed by atoms with Crippen LogP contribution in [0.1, 0.15) is 16.7 Å². The van der Waals surface area contributed by atoms with Crippen molar-refractivity contribution in [2.24, 2.45) is 0 Å². The van der Waals surface area contributed by atoms with Crippen molar-refractivity contribution in [1.82, 2.24) is 0 Å². The van der Waals surface area contributed by atoms with Gasteiger partial charge in [-0.15, -0.1) is 16.6 Å². The second-order valence-electron chi connectivity index (χ2n) is 9.30. The summed E-state index contributed by atoms with van der Waals surface area (Å²) in [5.74, 6) is 10.1. The van der Waals surface area contributed by atoms with Gasteiger partial charge in [0.1, 0.15) is 24.2 Å². The van der Waals surface area contributed by atoms with Gasteiger partial charge in [-0.3, -0.25) is 0 Å². The lowest BCUT2D eigenvalue weighted by Gasteiger charge is -2.06. The number of benzene rings is 1. The molecule has 0 unspecified atom stereocenters. The fraction of sp³-hybridized carbons (Fsp3) is 0.429. The SMILES string of the molecule is C[Si](C)(C)C#Cc1cc(C#C[Si](C)(C)C)cc(C#C[Si](C)(C)C)c1. The van der Waals surface area contributed by atoms with Crippen LogP contribution in [0.2, 0.25) is 58.9 Å². The van der Waals surface area contributed by atoms with E-state index in [1.165, 1.54) is 0 Å². The Labute approximate surface area is 152 Å². The van der Waals surface area contributed by atoms with Crippen molar-refractivity contribution in [2.75, 3.05) is 0 Å². The second kappa shape index (κ2) is 7.62. The summed E-state index contributed by atoms with van der Waals surface area (Å²) >= 11 is 0. The van der Waals surface area contributed by atoms with E-state index in [-0.39, 0.29) is 0 Å². The van der Waals surface area contributed by atoms with E-state index in [1.807, 2.05) is 0 Å². The molecule has 0 bridgehead atoms. The summed E-state index contributed by atoms with van der Waals surface area (Å²) in [5.41, 5.74) is 13.5. The topological polar surface area (TPSA) is 0 Å². The molecule has 0 N–H and O–H groups in total. The van der Waals surface area contributed by atoms with Gasteiger partial charge in [0.2, 0.25) is 0 Å². The van der Waals surface area contributed by atoms with Crippen LogP contribution in [0, 0.1) is 34.4 Å². The Morgan fingerprint density at radius 2 is 0.667 bits per heavy atom. The average molecular weight is 367 g/mol. The van der Waals surface area contributed by atoms with E-state index in [9.17, 15) is 0 Å². The van der Waals surface area contributed by atoms with Crippen LogP contribution in [-0.2, 0) is 0 Å². The van der Waals surface area contributed by atoms with E-state index in [0.717, 1.165) is 16.7 Å². The zero-order valence-electron chi connectivity index (χ0n) is 16.7. The quantitative estimate of drug-likeness (QED) is 0.427. The fourth-order valence-electron chi connectivity index (χ4n) is 1.62. The van der Waals surface area contributed by atoms with E-state index >= 15 is 0 Å². The minimum absolute atomic E-state index is 1.04. The van der Waals surface area contributed by atoms with Crippen molar-refractivity contribution in [3.8, 4) is 34.4 Å². The molecule has 0 amide bonds. The number of rotatable bonds is 0. The third-order valence-electron chi connectivity index (χ3n) is 2.68. The molecule has 0 nitrogen and oxygen atoms in total. The van der Waals surface area contributed by atoms with Gasteiger partial charge in [-0.25, -0.2) is 0 Å². The molecule has 0 aromatic heterocycles. The van der Waals surface area contributed by atoms with Crippen molar-refractivity contribution in [3.63, 3.8) is 0 Å². The Hall–Kier alpha value is -1.45. The standard InChI is InChI=1S/C21H30Si3/c1-22(2,3)13-10-19-16-20(11-14-23(4,5)6)18-21(17-19)12-15-24(7,8)9/h16-18H,1-9H3. The van der Waals surface area contributed by atoms with Gasteiger partial charge in [-0.2, -0.15) is 0 Å². The smallest absolute Gasteiger partial charge is 0.127 e. The molecule has 126 valence electrons. The zero-order chi connectivity index (χ0) is 18.6. The molecule has 1 aromatic carbocycles. The monoisotopic (exact) mass is 366 g/mol. The highest BCUT2D eigenvalue weighted by Gasteiger charge is 2.10. The molecule has 0 fully saturated rings. The maximum atomic E-state index is 3.45. The van der Waals surface area contributed by atoms with Gasteiger partial charge < -0.3 is 0 Å². The van der Waals surface area contributed by atoms with Crippen molar-refractivity contribution >= 4 is 24.2 Å². The van der Waals surface area contributed by atoms with Gasteiger partial charge >= 0.3 is 0 Å². The van der Waals surface area contributed by atoms with Crippen LogP contribution in [0.4, 0.5) is 0 Å². The first-order chi connectivity index (χ1) is 10.7. The van der Waals surface area contributed by atoms with Gasteiger partial charge in [0.25, 0.3) is 0 Å². The summed E-state index contributed by atoms with van der Waals surface area (Å²) in [7, 11) is -4.17. The minimum Gasteiger partial charge on any atom is -0.127 e. The van der Waals surface area contributed by atoms with Crippen LogP contribution >= 0.6 is 0 Å². The highest BCUT2D eigenvalue weighted by atomic mass is 28.3. The van der Waals surface area contributed by atoms with Crippen molar-refractivity contribution in [2.45, 2.75) is 58.9 Å². The molecular weight excluding hydrogens is 336 g/mol. The highest BCUT2D eigenvalue weighted by molar-refractivity contribution is 6.84. The Bertz CT molecular complexity index is 656. The van der Waals surface area contributed by atoms with Gasteiger partial charge in [0.05, 0.1) is 0 Å². The lowest BCUT2D eigenvalue weighted by atomic mass is 10.1. The van der Waals surface area contributed by atoms with E-state index < -0.39 is 24.2 Å². The Kier molecular flexibility index (Phi) is 6.54. The first-order valence-electron chi connectivity index (χ1n) is 8.48. The molecule has 1 rings (SSSR count). The predicted molar refractivity (Wildman–Crippen MR) is 117 cm³/mol. The maximum Gasteiger partial charge on any atom is 0.129 e. The van der Waals surface area contributed by atoms with Crippen LogP contribution < -0.4 is 0 Å². The Balaban J connectivity index is 3.40. The third-order valence-corrected chi connectivity index (χ3v) is 5.30. The summed E-state index contributed by atoms with van der Waals surface area (Å²) in [6.45, 7) is 20.4. The van der Waals surface area contributed by atoms with Gasteiger partial charge in [-0.05, 0) is 18.2 Å². The highest BCUT2D eigenvalue weighted by Crippen LogP contribution is 2.11. The molecular formula is C21H30Si3. The second-order valence-corrected chi connectivity index (χ2v) is 23.5. The molecule has 0 radical (unpaired) electrons. The first-order valence-corrected chi connectivity index (χ1v) is 19.0. The summed E-state index contributed by atoms with van der Waals surface area (Å²) in [4.78, 5) is 0. The Morgan fingerprint density at radius 1 is 0.458 bits per heavy atom. The molecule has 24 heavy (non-hydrogen) atoms. The third kappa shape index (κ3) is 9.64. The minimum atomic E-state index is -1.39. The Morgan fingerprint density at radius 3 is 0.833 bits per heavy atom. The largest absolute Gasteiger partial charge is 0.129 e. The molecule has 0 aliphatic rings. The van der Waals surface area contributed by atoms with Crippen LogP contribution in [0.5, 0.6) is 0 Å². The van der Waals surface area contributed by atoms with Crippen LogP contribution in [-0.4, -0.2) is 24.2 Å².